The minimum atomic E-state index is -0.0816. The predicted molar refractivity (Wildman–Crippen MR) is 154 cm³/mol. The molecule has 0 bridgehead atoms. The highest BCUT2D eigenvalue weighted by atomic mass is 16.5. The molecule has 0 spiro atoms. The number of nitrogens with zero attached hydrogens (tertiary/aromatic N) is 2. The average Bonchev–Trinajstić information content (AvgIpc) is 2.95. The summed E-state index contributed by atoms with van der Waals surface area (Å²) < 4.78 is 6.45. The molecule has 5 heteroatoms. The van der Waals surface area contributed by atoms with Crippen LogP contribution in [0.1, 0.15) is 25.3 Å². The number of benzene rings is 4. The van der Waals surface area contributed by atoms with Crippen molar-refractivity contribution < 1.29 is 9.53 Å². The number of hydrogen-bond donors (Lipinski definition) is 1. The van der Waals surface area contributed by atoms with Gasteiger partial charge in [0, 0.05) is 43.9 Å². The molecule has 1 saturated heterocycles. The van der Waals surface area contributed by atoms with Gasteiger partial charge < -0.3 is 19.9 Å². The second-order valence-electron chi connectivity index (χ2n) is 10.2. The maximum atomic E-state index is 11.8. The number of anilines is 3. The molecule has 0 saturated carbocycles. The lowest BCUT2D eigenvalue weighted by atomic mass is 9.97. The zero-order valence-electron chi connectivity index (χ0n) is 21.8. The number of carbonyl (C=O) groups excluding carboxylic acids is 1. The van der Waals surface area contributed by atoms with E-state index >= 15 is 0 Å². The van der Waals surface area contributed by atoms with Crippen LogP contribution in [-0.2, 0) is 11.2 Å². The van der Waals surface area contributed by atoms with Crippen molar-refractivity contribution in [1.82, 2.24) is 4.90 Å². The summed E-state index contributed by atoms with van der Waals surface area (Å²) in [5, 5.41) is 2.96. The van der Waals surface area contributed by atoms with Gasteiger partial charge in [0.05, 0.1) is 11.4 Å². The normalized spacial score (nSPS) is 15.3. The molecule has 1 fully saturated rings. The van der Waals surface area contributed by atoms with Gasteiger partial charge in [0.25, 0.3) is 0 Å². The van der Waals surface area contributed by atoms with Crippen molar-refractivity contribution >= 4 is 23.0 Å². The number of nitrogens with one attached hydrogen (secondary N) is 1. The first-order valence-corrected chi connectivity index (χ1v) is 13.5. The Morgan fingerprint density at radius 2 is 1.55 bits per heavy atom. The van der Waals surface area contributed by atoms with Crippen LogP contribution in [0.3, 0.4) is 0 Å². The van der Waals surface area contributed by atoms with E-state index in [1.54, 1.807) is 0 Å². The number of amides is 1. The number of rotatable bonds is 6. The van der Waals surface area contributed by atoms with E-state index in [0.29, 0.717) is 6.04 Å². The Kier molecular flexibility index (Phi) is 6.84. The number of likely N-dealkylation sites (tertiary alicyclic amines) is 1. The second-order valence-corrected chi connectivity index (χ2v) is 10.2. The molecule has 6 rings (SSSR count). The van der Waals surface area contributed by atoms with Crippen LogP contribution in [0.5, 0.6) is 11.5 Å². The summed E-state index contributed by atoms with van der Waals surface area (Å²) in [5.41, 5.74) is 6.44. The van der Waals surface area contributed by atoms with Crippen molar-refractivity contribution in [1.29, 1.82) is 0 Å². The van der Waals surface area contributed by atoms with E-state index in [1.165, 1.54) is 12.5 Å². The van der Waals surface area contributed by atoms with E-state index in [2.05, 4.69) is 81.8 Å². The largest absolute Gasteiger partial charge is 0.453 e. The molecule has 38 heavy (non-hydrogen) atoms. The van der Waals surface area contributed by atoms with Gasteiger partial charge >= 0.3 is 0 Å². The van der Waals surface area contributed by atoms with Gasteiger partial charge in [-0.3, -0.25) is 4.79 Å². The Hall–Kier alpha value is -4.09. The molecule has 0 radical (unpaired) electrons. The molecule has 2 aliphatic heterocycles. The van der Waals surface area contributed by atoms with Crippen LogP contribution in [0, 0.1) is 0 Å². The Labute approximate surface area is 224 Å². The van der Waals surface area contributed by atoms with Crippen molar-refractivity contribution in [2.45, 2.75) is 32.2 Å². The summed E-state index contributed by atoms with van der Waals surface area (Å²) in [6.45, 7) is 4.82. The summed E-state index contributed by atoms with van der Waals surface area (Å²) in [4.78, 5) is 16.9. The monoisotopic (exact) mass is 503 g/mol. The number of ether oxygens (including phenoxy) is 1. The zero-order valence-corrected chi connectivity index (χ0v) is 21.8. The summed E-state index contributed by atoms with van der Waals surface area (Å²) in [5.74, 6) is 1.66. The third-order valence-corrected chi connectivity index (χ3v) is 7.59. The molecule has 0 atom stereocenters. The minimum absolute atomic E-state index is 0.0816. The molecule has 5 nitrogen and oxygen atoms in total. The van der Waals surface area contributed by atoms with Gasteiger partial charge in [-0.25, -0.2) is 0 Å². The first-order valence-electron chi connectivity index (χ1n) is 13.5. The highest BCUT2D eigenvalue weighted by molar-refractivity contribution is 5.94. The van der Waals surface area contributed by atoms with Crippen LogP contribution in [0.2, 0.25) is 0 Å². The zero-order chi connectivity index (χ0) is 25.9. The fourth-order valence-electron chi connectivity index (χ4n) is 5.71. The van der Waals surface area contributed by atoms with Crippen LogP contribution in [0.25, 0.3) is 11.1 Å². The number of fused-ring (bicyclic) bond motifs is 2. The Balaban J connectivity index is 1.25. The predicted octanol–water partition coefficient (Wildman–Crippen LogP) is 7.26. The van der Waals surface area contributed by atoms with Crippen LogP contribution >= 0.6 is 0 Å². The summed E-state index contributed by atoms with van der Waals surface area (Å²) >= 11 is 0. The highest BCUT2D eigenvalue weighted by Gasteiger charge is 2.32. The van der Waals surface area contributed by atoms with Crippen LogP contribution in [-0.4, -0.2) is 36.5 Å². The third kappa shape index (κ3) is 5.02. The van der Waals surface area contributed by atoms with E-state index in [-0.39, 0.29) is 5.91 Å². The van der Waals surface area contributed by atoms with Gasteiger partial charge in [-0.1, -0.05) is 66.7 Å². The molecule has 1 amide bonds. The van der Waals surface area contributed by atoms with E-state index in [4.69, 9.17) is 4.74 Å². The fraction of sp³-hybridized carbons (Fsp3) is 0.242. The van der Waals surface area contributed by atoms with E-state index in [9.17, 15) is 4.79 Å². The molecule has 2 aliphatic rings. The Morgan fingerprint density at radius 1 is 0.842 bits per heavy atom. The molecule has 0 aromatic heterocycles. The minimum Gasteiger partial charge on any atom is -0.453 e. The third-order valence-electron chi connectivity index (χ3n) is 7.59. The quantitative estimate of drug-likeness (QED) is 0.301. The standard InChI is InChI=1S/C33H33N3O2/c1-24(37)34-29-12-6-5-11-28(29)26-15-16-31-33(23-26)38-32-14-8-7-13-30(32)36(31)27-18-21-35(22-19-27)20-17-25-9-3-2-4-10-25/h2-16,23,27H,17-22H2,1H3,(H,34,37). The molecule has 0 aliphatic carbocycles. The molecule has 0 unspecified atom stereocenters. The van der Waals surface area contributed by atoms with Gasteiger partial charge in [-0.05, 0) is 60.7 Å². The molecule has 2 heterocycles. The van der Waals surface area contributed by atoms with E-state index < -0.39 is 0 Å². The molecule has 192 valence electrons. The molecular formula is C33H33N3O2. The van der Waals surface area contributed by atoms with Gasteiger partial charge in [-0.2, -0.15) is 0 Å². The van der Waals surface area contributed by atoms with Gasteiger partial charge in [0.15, 0.2) is 11.5 Å². The summed E-state index contributed by atoms with van der Waals surface area (Å²) in [7, 11) is 0. The summed E-state index contributed by atoms with van der Waals surface area (Å²) in [6.07, 6.45) is 3.31. The lowest BCUT2D eigenvalue weighted by Crippen LogP contribution is -2.44. The number of piperidine rings is 1. The van der Waals surface area contributed by atoms with Crippen LogP contribution < -0.4 is 15.0 Å². The maximum absolute atomic E-state index is 11.8. The van der Waals surface area contributed by atoms with Crippen LogP contribution in [0.4, 0.5) is 17.1 Å². The molecule has 4 aromatic carbocycles. The first-order chi connectivity index (χ1) is 18.7. The van der Waals surface area contributed by atoms with Crippen molar-refractivity contribution in [3.05, 3.63) is 103 Å². The fourth-order valence-corrected chi connectivity index (χ4v) is 5.71. The average molecular weight is 504 g/mol. The van der Waals surface area contributed by atoms with Gasteiger partial charge in [-0.15, -0.1) is 0 Å². The van der Waals surface area contributed by atoms with Crippen molar-refractivity contribution in [3.8, 4) is 22.6 Å². The van der Waals surface area contributed by atoms with Crippen molar-refractivity contribution in [2.75, 3.05) is 29.9 Å². The topological polar surface area (TPSA) is 44.8 Å². The first kappa shape index (κ1) is 24.3. The smallest absolute Gasteiger partial charge is 0.221 e. The number of carbonyl (C=O) groups is 1. The summed E-state index contributed by atoms with van der Waals surface area (Å²) in [6, 6.07) is 33.8. The van der Waals surface area contributed by atoms with Crippen molar-refractivity contribution in [3.63, 3.8) is 0 Å². The van der Waals surface area contributed by atoms with Crippen LogP contribution in [0.15, 0.2) is 97.1 Å². The van der Waals surface area contributed by atoms with E-state index in [1.807, 2.05) is 30.3 Å². The van der Waals surface area contributed by atoms with Gasteiger partial charge in [0.1, 0.15) is 0 Å². The molecular weight excluding hydrogens is 470 g/mol. The Bertz CT molecular complexity index is 1430. The Morgan fingerprint density at radius 3 is 2.37 bits per heavy atom. The second kappa shape index (κ2) is 10.7. The molecule has 1 N–H and O–H groups in total. The number of hydrogen-bond acceptors (Lipinski definition) is 4. The highest BCUT2D eigenvalue weighted by Crippen LogP contribution is 2.50. The van der Waals surface area contributed by atoms with Gasteiger partial charge in [0.2, 0.25) is 5.91 Å². The molecule has 4 aromatic rings. The maximum Gasteiger partial charge on any atom is 0.221 e. The number of para-hydroxylation sites is 3. The van der Waals surface area contributed by atoms with E-state index in [0.717, 1.165) is 78.6 Å². The lowest BCUT2D eigenvalue weighted by Gasteiger charge is -2.42. The lowest BCUT2D eigenvalue weighted by molar-refractivity contribution is -0.114. The SMILES string of the molecule is CC(=O)Nc1ccccc1-c1ccc2c(c1)Oc1ccccc1N2C1CCN(CCc2ccccc2)CC1. The van der Waals surface area contributed by atoms with Crippen molar-refractivity contribution in [2.24, 2.45) is 0 Å².